The number of hydrogen-bond donors (Lipinski definition) is 4. The van der Waals surface area contributed by atoms with Crippen LogP contribution in [0.1, 0.15) is 0 Å². The van der Waals surface area contributed by atoms with Crippen molar-refractivity contribution in [2.24, 2.45) is 0 Å². The molecule has 0 saturated heterocycles. The highest BCUT2D eigenvalue weighted by atomic mass is 16.8. The normalized spacial score (nSPS) is 9.45. The molecule has 0 bridgehead atoms. The van der Waals surface area contributed by atoms with Crippen molar-refractivity contribution in [2.75, 3.05) is 0 Å². The van der Waals surface area contributed by atoms with E-state index in [-0.39, 0.29) is 0 Å². The van der Waals surface area contributed by atoms with Gasteiger partial charge >= 0.3 is 14.6 Å². The summed E-state index contributed by atoms with van der Waals surface area (Å²) < 4.78 is 7.84. The van der Waals surface area contributed by atoms with Gasteiger partial charge in [-0.15, -0.1) is 0 Å². The van der Waals surface area contributed by atoms with Crippen LogP contribution in [-0.2, 0) is 9.31 Å². The van der Waals surface area contributed by atoms with Crippen LogP contribution in [0.2, 0.25) is 0 Å². The summed E-state index contributed by atoms with van der Waals surface area (Å²) in [6.45, 7) is 0. The molecule has 11 heavy (non-hydrogen) atoms. The summed E-state index contributed by atoms with van der Waals surface area (Å²) in [5, 5.41) is 40.5. The number of nitrogens with zero attached hydrogens (tertiary/aromatic N) is 1. The quantitative estimate of drug-likeness (QED) is 0.252. The smallest absolute Gasteiger partial charge is 0.402 e. The second-order valence-corrected chi connectivity index (χ2v) is 1.39. The predicted octanol–water partition coefficient (Wildman–Crippen LogP) is -3.19. The van der Waals surface area contributed by atoms with Gasteiger partial charge in [0, 0.05) is 0 Å². The van der Waals surface area contributed by atoms with Crippen molar-refractivity contribution in [2.45, 2.75) is 6.29 Å². The molecule has 0 atom stereocenters. The average Bonchev–Trinajstić information content (AvgIpc) is 1.84. The molecule has 0 amide bonds. The summed E-state index contributed by atoms with van der Waals surface area (Å²) >= 11 is 0. The van der Waals surface area contributed by atoms with Crippen LogP contribution in [0, 0.1) is 11.3 Å². The van der Waals surface area contributed by atoms with Gasteiger partial charge in [-0.3, -0.25) is 0 Å². The zero-order chi connectivity index (χ0) is 8.85. The molecule has 60 valence electrons. The van der Waals surface area contributed by atoms with Crippen molar-refractivity contribution in [1.29, 1.82) is 5.26 Å². The second-order valence-electron chi connectivity index (χ2n) is 1.39. The highest BCUT2D eigenvalue weighted by Crippen LogP contribution is 1.93. The van der Waals surface area contributed by atoms with Crippen molar-refractivity contribution in [3.8, 4) is 6.07 Å². The lowest BCUT2D eigenvalue weighted by atomic mass is 10.2. The van der Waals surface area contributed by atoms with Gasteiger partial charge < -0.3 is 29.4 Å². The maximum absolute atomic E-state index is 8.11. The van der Waals surface area contributed by atoms with E-state index in [2.05, 4.69) is 9.31 Å². The molecule has 0 heterocycles. The van der Waals surface area contributed by atoms with Crippen LogP contribution in [0.25, 0.3) is 0 Å². The monoisotopic (exact) mass is 161 g/mol. The SMILES string of the molecule is N#CC(OB(O)O)OB(O)O. The molecular formula is C2H5B2NO6. The van der Waals surface area contributed by atoms with Gasteiger partial charge in [-0.25, -0.2) is 0 Å². The van der Waals surface area contributed by atoms with Crippen LogP contribution in [-0.4, -0.2) is 41.0 Å². The minimum absolute atomic E-state index is 1.28. The van der Waals surface area contributed by atoms with Crippen molar-refractivity contribution in [3.05, 3.63) is 0 Å². The molecule has 0 aromatic carbocycles. The van der Waals surface area contributed by atoms with Crippen molar-refractivity contribution in [1.82, 2.24) is 0 Å². The topological polar surface area (TPSA) is 123 Å². The molecule has 0 spiro atoms. The van der Waals surface area contributed by atoms with Crippen LogP contribution in [0.5, 0.6) is 0 Å². The Morgan fingerprint density at radius 3 is 1.64 bits per heavy atom. The minimum atomic E-state index is -2.20. The van der Waals surface area contributed by atoms with Crippen molar-refractivity contribution < 1.29 is 29.4 Å². The predicted molar refractivity (Wildman–Crippen MR) is 32.0 cm³/mol. The third-order valence-corrected chi connectivity index (χ3v) is 0.596. The van der Waals surface area contributed by atoms with E-state index in [0.29, 0.717) is 0 Å². The standard InChI is InChI=1S/C2H5B2NO6/c5-1-2(10-3(6)7)11-4(8)9/h2,6-9H. The fourth-order valence-corrected chi connectivity index (χ4v) is 0.314. The summed E-state index contributed by atoms with van der Waals surface area (Å²) in [4.78, 5) is 0. The lowest BCUT2D eigenvalue weighted by Gasteiger charge is -2.09. The second kappa shape index (κ2) is 5.09. The highest BCUT2D eigenvalue weighted by molar-refractivity contribution is 6.34. The molecule has 0 aliphatic carbocycles. The molecular weight excluding hydrogens is 156 g/mol. The van der Waals surface area contributed by atoms with Gasteiger partial charge in [0.1, 0.15) is 6.07 Å². The fraction of sp³-hybridized carbons (Fsp3) is 0.500. The van der Waals surface area contributed by atoms with Crippen LogP contribution >= 0.6 is 0 Å². The van der Waals surface area contributed by atoms with Crippen molar-refractivity contribution in [3.63, 3.8) is 0 Å². The lowest BCUT2D eigenvalue weighted by molar-refractivity contribution is -0.0148. The fourth-order valence-electron chi connectivity index (χ4n) is 0.314. The first kappa shape index (κ1) is 10.4. The highest BCUT2D eigenvalue weighted by Gasteiger charge is 2.23. The minimum Gasteiger partial charge on any atom is -0.402 e. The molecule has 7 nitrogen and oxygen atoms in total. The van der Waals surface area contributed by atoms with Crippen LogP contribution in [0.3, 0.4) is 0 Å². The summed E-state index contributed by atoms with van der Waals surface area (Å²) in [5.41, 5.74) is 0. The lowest BCUT2D eigenvalue weighted by Crippen LogP contribution is -2.32. The number of hydrogen-bond acceptors (Lipinski definition) is 7. The van der Waals surface area contributed by atoms with Crippen LogP contribution < -0.4 is 0 Å². The van der Waals surface area contributed by atoms with Gasteiger partial charge in [0.05, 0.1) is 0 Å². The zero-order valence-corrected chi connectivity index (χ0v) is 5.28. The average molecular weight is 161 g/mol. The largest absolute Gasteiger partial charge is 0.636 e. The molecule has 0 aromatic rings. The van der Waals surface area contributed by atoms with Crippen LogP contribution in [0.15, 0.2) is 0 Å². The molecule has 0 saturated carbocycles. The van der Waals surface area contributed by atoms with E-state index in [1.54, 1.807) is 0 Å². The molecule has 0 radical (unpaired) electrons. The van der Waals surface area contributed by atoms with E-state index >= 15 is 0 Å². The first-order valence-electron chi connectivity index (χ1n) is 2.49. The van der Waals surface area contributed by atoms with Gasteiger partial charge in [-0.1, -0.05) is 0 Å². The first-order valence-corrected chi connectivity index (χ1v) is 2.49. The molecule has 0 unspecified atom stereocenters. The Balaban J connectivity index is 3.70. The van der Waals surface area contributed by atoms with E-state index in [1.807, 2.05) is 0 Å². The Labute approximate surface area is 62.8 Å². The molecule has 0 fully saturated rings. The summed E-state index contributed by atoms with van der Waals surface area (Å²) in [5.74, 6) is 0. The van der Waals surface area contributed by atoms with E-state index in [0.717, 1.165) is 0 Å². The summed E-state index contributed by atoms with van der Waals surface area (Å²) in [7, 11) is -4.39. The Bertz CT molecular complexity index is 134. The van der Waals surface area contributed by atoms with E-state index in [4.69, 9.17) is 25.4 Å². The Morgan fingerprint density at radius 1 is 1.09 bits per heavy atom. The first-order chi connectivity index (χ1) is 5.06. The molecule has 0 aromatic heterocycles. The van der Waals surface area contributed by atoms with E-state index in [1.165, 1.54) is 6.07 Å². The summed E-state index contributed by atoms with van der Waals surface area (Å²) in [6, 6.07) is 1.28. The third-order valence-electron chi connectivity index (χ3n) is 0.596. The number of nitriles is 1. The van der Waals surface area contributed by atoms with Crippen LogP contribution in [0.4, 0.5) is 0 Å². The summed E-state index contributed by atoms with van der Waals surface area (Å²) in [6.07, 6.45) is -1.73. The maximum atomic E-state index is 8.11. The van der Waals surface area contributed by atoms with Gasteiger partial charge in [0.25, 0.3) is 0 Å². The zero-order valence-electron chi connectivity index (χ0n) is 5.28. The Hall–Kier alpha value is -0.620. The Kier molecular flexibility index (Phi) is 4.80. The molecule has 0 aliphatic rings. The van der Waals surface area contributed by atoms with E-state index in [9.17, 15) is 0 Å². The van der Waals surface area contributed by atoms with Gasteiger partial charge in [-0.05, 0) is 0 Å². The maximum Gasteiger partial charge on any atom is 0.636 e. The van der Waals surface area contributed by atoms with Gasteiger partial charge in [0.2, 0.25) is 6.29 Å². The molecule has 0 aliphatic heterocycles. The Morgan fingerprint density at radius 2 is 1.45 bits per heavy atom. The third kappa shape index (κ3) is 5.81. The van der Waals surface area contributed by atoms with E-state index < -0.39 is 20.9 Å². The van der Waals surface area contributed by atoms with Crippen molar-refractivity contribution >= 4 is 14.6 Å². The number of rotatable bonds is 4. The molecule has 0 rings (SSSR count). The van der Waals surface area contributed by atoms with Gasteiger partial charge in [0.15, 0.2) is 0 Å². The van der Waals surface area contributed by atoms with Gasteiger partial charge in [-0.2, -0.15) is 5.26 Å². The molecule has 4 N–H and O–H groups in total. The molecule has 9 heteroatoms.